The van der Waals surface area contributed by atoms with Crippen LogP contribution in [0.1, 0.15) is 48.9 Å². The summed E-state index contributed by atoms with van der Waals surface area (Å²) >= 11 is 0. The van der Waals surface area contributed by atoms with E-state index in [1.165, 1.54) is 22.3 Å². The van der Waals surface area contributed by atoms with E-state index in [2.05, 4.69) is 48.8 Å². The minimum absolute atomic E-state index is 0. The van der Waals surface area contributed by atoms with Crippen LogP contribution in [0.5, 0.6) is 23.0 Å². The third kappa shape index (κ3) is 10.6. The molecule has 2 N–H and O–H groups in total. The van der Waals surface area contributed by atoms with Crippen LogP contribution in [0.25, 0.3) is 0 Å². The van der Waals surface area contributed by atoms with Crippen LogP contribution in [-0.4, -0.2) is 54.6 Å². The molecular weight excluding hydrogens is 523 g/mol. The van der Waals surface area contributed by atoms with Gasteiger partial charge in [-0.3, -0.25) is 0 Å². The van der Waals surface area contributed by atoms with E-state index in [0.29, 0.717) is 0 Å². The topological polar surface area (TPSA) is 61.0 Å². The molecule has 2 aromatic rings. The number of halogens is 2. The molecule has 0 aromatic heterocycles. The maximum atomic E-state index is 5.59. The van der Waals surface area contributed by atoms with Gasteiger partial charge >= 0.3 is 0 Å². The fourth-order valence-corrected chi connectivity index (χ4v) is 4.61. The van der Waals surface area contributed by atoms with Gasteiger partial charge in [0.05, 0.1) is 28.4 Å². The van der Waals surface area contributed by atoms with Crippen molar-refractivity contribution in [3.05, 3.63) is 58.7 Å². The summed E-state index contributed by atoms with van der Waals surface area (Å²) in [5, 5.41) is 7.10. The summed E-state index contributed by atoms with van der Waals surface area (Å²) in [5.41, 5.74) is 5.12. The van der Waals surface area contributed by atoms with Crippen molar-refractivity contribution in [3.63, 3.8) is 0 Å². The van der Waals surface area contributed by atoms with E-state index >= 15 is 0 Å². The van der Waals surface area contributed by atoms with Crippen LogP contribution in [0.4, 0.5) is 0 Å². The second-order valence-corrected chi connectivity index (χ2v) is 8.63. The third-order valence-corrected chi connectivity index (χ3v) is 6.48. The molecule has 216 valence electrons. The van der Waals surface area contributed by atoms with Crippen molar-refractivity contribution in [3.8, 4) is 23.0 Å². The van der Waals surface area contributed by atoms with Crippen molar-refractivity contribution in [2.45, 2.75) is 52.4 Å². The second kappa shape index (κ2) is 20.8. The standard InChI is InChI=1S/C30H46N2O4.2ClH/c1-7-25-23(13-15-27(33-3)29(25)35-5)17-21-31-19-11-9-10-12-20-32-22-18-24-14-16-28(34-4)30(36-6)26(24)8-2;;/h9-10,13-16,31-32H,7-8,11-12,17-22H2,1-6H3;2*1H. The van der Waals surface area contributed by atoms with Crippen molar-refractivity contribution in [2.24, 2.45) is 0 Å². The molecule has 0 spiro atoms. The highest BCUT2D eigenvalue weighted by Crippen LogP contribution is 2.35. The van der Waals surface area contributed by atoms with E-state index in [9.17, 15) is 0 Å². The lowest BCUT2D eigenvalue weighted by Crippen LogP contribution is -2.19. The van der Waals surface area contributed by atoms with Crippen LogP contribution < -0.4 is 29.6 Å². The first-order valence-electron chi connectivity index (χ1n) is 13.2. The highest BCUT2D eigenvalue weighted by Gasteiger charge is 2.14. The van der Waals surface area contributed by atoms with Gasteiger partial charge in [-0.25, -0.2) is 0 Å². The molecule has 0 saturated carbocycles. The molecule has 0 bridgehead atoms. The zero-order chi connectivity index (χ0) is 26.2. The van der Waals surface area contributed by atoms with Gasteiger partial charge in [-0.15, -0.1) is 24.8 Å². The summed E-state index contributed by atoms with van der Waals surface area (Å²) in [6.45, 7) is 8.19. The number of hydrogen-bond donors (Lipinski definition) is 2. The second-order valence-electron chi connectivity index (χ2n) is 8.63. The van der Waals surface area contributed by atoms with E-state index in [1.54, 1.807) is 28.4 Å². The number of methoxy groups -OCH3 is 4. The molecule has 0 heterocycles. The minimum atomic E-state index is 0. The Bertz CT molecular complexity index is 879. The maximum Gasteiger partial charge on any atom is 0.164 e. The monoisotopic (exact) mass is 570 g/mol. The molecule has 0 saturated heterocycles. The lowest BCUT2D eigenvalue weighted by molar-refractivity contribution is 0.351. The molecule has 0 radical (unpaired) electrons. The SMILES string of the molecule is CCc1c(CCNCCC=CCCNCCc2ccc(OC)c(OC)c2CC)ccc(OC)c1OC.Cl.Cl. The number of ether oxygens (including phenoxy) is 4. The van der Waals surface area contributed by atoms with Gasteiger partial charge in [0.2, 0.25) is 0 Å². The third-order valence-electron chi connectivity index (χ3n) is 6.48. The number of benzene rings is 2. The van der Waals surface area contributed by atoms with Gasteiger partial charge in [-0.05, 0) is 88.0 Å². The maximum absolute atomic E-state index is 5.59. The Kier molecular flexibility index (Phi) is 19.6. The molecule has 0 unspecified atom stereocenters. The summed E-state index contributed by atoms with van der Waals surface area (Å²) in [6.07, 6.45) is 10.4. The summed E-state index contributed by atoms with van der Waals surface area (Å²) in [6, 6.07) is 8.31. The van der Waals surface area contributed by atoms with E-state index in [0.717, 1.165) is 87.7 Å². The predicted molar refractivity (Wildman–Crippen MR) is 164 cm³/mol. The molecule has 0 aliphatic carbocycles. The van der Waals surface area contributed by atoms with Crippen LogP contribution in [0.15, 0.2) is 36.4 Å². The van der Waals surface area contributed by atoms with Crippen LogP contribution >= 0.6 is 24.8 Å². The van der Waals surface area contributed by atoms with Gasteiger partial charge in [0.15, 0.2) is 23.0 Å². The molecule has 6 nitrogen and oxygen atoms in total. The van der Waals surface area contributed by atoms with E-state index < -0.39 is 0 Å². The van der Waals surface area contributed by atoms with Crippen LogP contribution in [-0.2, 0) is 25.7 Å². The Balaban J connectivity index is 0.00000684. The van der Waals surface area contributed by atoms with Crippen LogP contribution in [0.2, 0.25) is 0 Å². The Hall–Kier alpha value is -2.12. The number of nitrogens with one attached hydrogen (secondary N) is 2. The lowest BCUT2D eigenvalue weighted by Gasteiger charge is -2.16. The Labute approximate surface area is 242 Å². The molecule has 0 fully saturated rings. The Morgan fingerprint density at radius 2 is 0.974 bits per heavy atom. The van der Waals surface area contributed by atoms with E-state index in [1.807, 2.05) is 12.1 Å². The average Bonchev–Trinajstić information content (AvgIpc) is 2.92. The lowest BCUT2D eigenvalue weighted by atomic mass is 10.0. The summed E-state index contributed by atoms with van der Waals surface area (Å²) in [5.74, 6) is 3.34. The molecule has 0 aliphatic heterocycles. The number of hydrogen-bond acceptors (Lipinski definition) is 6. The first-order chi connectivity index (χ1) is 17.6. The molecule has 38 heavy (non-hydrogen) atoms. The fourth-order valence-electron chi connectivity index (χ4n) is 4.61. The van der Waals surface area contributed by atoms with Crippen molar-refractivity contribution >= 4 is 24.8 Å². The van der Waals surface area contributed by atoms with E-state index in [-0.39, 0.29) is 24.8 Å². The van der Waals surface area contributed by atoms with Gasteiger partial charge in [-0.1, -0.05) is 38.1 Å². The molecule has 2 rings (SSSR count). The average molecular weight is 572 g/mol. The highest BCUT2D eigenvalue weighted by atomic mass is 35.5. The van der Waals surface area contributed by atoms with Gasteiger partial charge in [-0.2, -0.15) is 0 Å². The van der Waals surface area contributed by atoms with Gasteiger partial charge in [0.25, 0.3) is 0 Å². The Morgan fingerprint density at radius 3 is 1.29 bits per heavy atom. The molecular formula is C30H48Cl2N2O4. The largest absolute Gasteiger partial charge is 0.493 e. The molecule has 2 aromatic carbocycles. The molecule has 8 heteroatoms. The van der Waals surface area contributed by atoms with Gasteiger partial charge in [0.1, 0.15) is 0 Å². The smallest absolute Gasteiger partial charge is 0.164 e. The zero-order valence-electron chi connectivity index (χ0n) is 24.0. The van der Waals surface area contributed by atoms with Crippen LogP contribution in [0, 0.1) is 0 Å². The normalized spacial score (nSPS) is 10.6. The molecule has 0 aliphatic rings. The van der Waals surface area contributed by atoms with Crippen molar-refractivity contribution in [1.82, 2.24) is 10.6 Å². The quantitative estimate of drug-likeness (QED) is 0.169. The van der Waals surface area contributed by atoms with Crippen molar-refractivity contribution < 1.29 is 18.9 Å². The van der Waals surface area contributed by atoms with Gasteiger partial charge < -0.3 is 29.6 Å². The first kappa shape index (κ1) is 35.9. The van der Waals surface area contributed by atoms with Gasteiger partial charge in [0, 0.05) is 11.1 Å². The minimum Gasteiger partial charge on any atom is -0.493 e. The highest BCUT2D eigenvalue weighted by molar-refractivity contribution is 5.85. The first-order valence-corrected chi connectivity index (χ1v) is 13.2. The van der Waals surface area contributed by atoms with Crippen molar-refractivity contribution in [2.75, 3.05) is 54.6 Å². The summed E-state index contributed by atoms with van der Waals surface area (Å²) in [7, 11) is 6.79. The van der Waals surface area contributed by atoms with E-state index in [4.69, 9.17) is 18.9 Å². The molecule has 0 amide bonds. The van der Waals surface area contributed by atoms with Crippen molar-refractivity contribution in [1.29, 1.82) is 0 Å². The summed E-state index contributed by atoms with van der Waals surface area (Å²) in [4.78, 5) is 0. The summed E-state index contributed by atoms with van der Waals surface area (Å²) < 4.78 is 22.0. The predicted octanol–water partition coefficient (Wildman–Crippen LogP) is 5.99. The Morgan fingerprint density at radius 1 is 0.579 bits per heavy atom. The fraction of sp³-hybridized carbons (Fsp3) is 0.533. The number of rotatable bonds is 18. The zero-order valence-corrected chi connectivity index (χ0v) is 25.6. The van der Waals surface area contributed by atoms with Crippen LogP contribution in [0.3, 0.4) is 0 Å². The molecule has 0 atom stereocenters.